The Morgan fingerprint density at radius 3 is 2.60 bits per heavy atom. The average molecular weight is 229 g/mol. The van der Waals surface area contributed by atoms with Crippen LogP contribution in [0.5, 0.6) is 0 Å². The molecule has 0 unspecified atom stereocenters. The Labute approximate surface area is 99.8 Å². The molecule has 0 radical (unpaired) electrons. The van der Waals surface area contributed by atoms with Crippen molar-refractivity contribution in [1.29, 1.82) is 0 Å². The molecule has 1 nitrogen and oxygen atoms in total. The van der Waals surface area contributed by atoms with E-state index in [0.29, 0.717) is 0 Å². The third kappa shape index (κ3) is 5.82. The van der Waals surface area contributed by atoms with Gasteiger partial charge in [0.1, 0.15) is 0 Å². The smallest absolute Gasteiger partial charge is 0.00828 e. The molecule has 1 fully saturated rings. The molecule has 15 heavy (non-hydrogen) atoms. The summed E-state index contributed by atoms with van der Waals surface area (Å²) in [6.07, 6.45) is 8.27. The summed E-state index contributed by atoms with van der Waals surface area (Å²) in [5.74, 6) is 3.65. The summed E-state index contributed by atoms with van der Waals surface area (Å²) in [6.45, 7) is 5.88. The third-order valence-corrected chi connectivity index (χ3v) is 4.51. The van der Waals surface area contributed by atoms with Crippen molar-refractivity contribution in [2.24, 2.45) is 5.92 Å². The fourth-order valence-corrected chi connectivity index (χ4v) is 3.28. The Morgan fingerprint density at radius 1 is 1.27 bits per heavy atom. The van der Waals surface area contributed by atoms with E-state index in [-0.39, 0.29) is 0 Å². The number of nitrogens with one attached hydrogen (secondary N) is 1. The van der Waals surface area contributed by atoms with Crippen molar-refractivity contribution in [2.75, 3.05) is 18.1 Å². The van der Waals surface area contributed by atoms with Crippen molar-refractivity contribution in [1.82, 2.24) is 5.32 Å². The molecule has 0 saturated carbocycles. The molecule has 1 rings (SSSR count). The monoisotopic (exact) mass is 229 g/mol. The van der Waals surface area contributed by atoms with Crippen LogP contribution in [-0.2, 0) is 0 Å². The van der Waals surface area contributed by atoms with Crippen LogP contribution in [0.25, 0.3) is 0 Å². The number of hydrogen-bond donors (Lipinski definition) is 1. The molecule has 90 valence electrons. The summed E-state index contributed by atoms with van der Waals surface area (Å²) in [5.41, 5.74) is 0. The Kier molecular flexibility index (Phi) is 7.54. The summed E-state index contributed by atoms with van der Waals surface area (Å²) >= 11 is 2.11. The Balaban J connectivity index is 2.09. The molecule has 1 heterocycles. The highest BCUT2D eigenvalue weighted by Gasteiger charge is 2.14. The standard InChI is InChI=1S/C13H27NS/c1-3-5-6-12(4-2)11-14-13-7-9-15-10-8-13/h12-14H,3-11H2,1-2H3/t12-/m0/s1. The second kappa shape index (κ2) is 8.46. The van der Waals surface area contributed by atoms with Gasteiger partial charge in [-0.1, -0.05) is 33.1 Å². The fourth-order valence-electron chi connectivity index (χ4n) is 2.18. The van der Waals surface area contributed by atoms with E-state index in [1.54, 1.807) is 0 Å². The first-order chi connectivity index (χ1) is 7.36. The van der Waals surface area contributed by atoms with E-state index in [4.69, 9.17) is 0 Å². The summed E-state index contributed by atoms with van der Waals surface area (Å²) in [7, 11) is 0. The van der Waals surface area contributed by atoms with Crippen LogP contribution < -0.4 is 5.32 Å². The van der Waals surface area contributed by atoms with Gasteiger partial charge in [0.2, 0.25) is 0 Å². The maximum Gasteiger partial charge on any atom is 0.00828 e. The Morgan fingerprint density at radius 2 is 2.00 bits per heavy atom. The lowest BCUT2D eigenvalue weighted by Crippen LogP contribution is -2.35. The van der Waals surface area contributed by atoms with Gasteiger partial charge >= 0.3 is 0 Å². The van der Waals surface area contributed by atoms with Gasteiger partial charge in [0.15, 0.2) is 0 Å². The maximum absolute atomic E-state index is 3.77. The largest absolute Gasteiger partial charge is 0.314 e. The zero-order valence-corrected chi connectivity index (χ0v) is 11.2. The van der Waals surface area contributed by atoms with E-state index in [0.717, 1.165) is 12.0 Å². The van der Waals surface area contributed by atoms with Crippen LogP contribution in [-0.4, -0.2) is 24.1 Å². The number of rotatable bonds is 7. The van der Waals surface area contributed by atoms with E-state index in [2.05, 4.69) is 30.9 Å². The lowest BCUT2D eigenvalue weighted by molar-refractivity contribution is 0.377. The number of hydrogen-bond acceptors (Lipinski definition) is 2. The molecule has 1 aliphatic rings. The molecule has 1 atom stereocenters. The quantitative estimate of drug-likeness (QED) is 0.714. The summed E-state index contributed by atoms with van der Waals surface area (Å²) in [4.78, 5) is 0. The van der Waals surface area contributed by atoms with Gasteiger partial charge in [0, 0.05) is 6.04 Å². The molecular formula is C13H27NS. The number of thioether (sulfide) groups is 1. The highest BCUT2D eigenvalue weighted by Crippen LogP contribution is 2.18. The van der Waals surface area contributed by atoms with Gasteiger partial charge in [-0.15, -0.1) is 0 Å². The first-order valence-electron chi connectivity index (χ1n) is 6.68. The minimum absolute atomic E-state index is 0.821. The molecular weight excluding hydrogens is 202 g/mol. The molecule has 0 bridgehead atoms. The molecule has 0 aromatic rings. The molecule has 1 aliphatic heterocycles. The first kappa shape index (κ1) is 13.4. The highest BCUT2D eigenvalue weighted by molar-refractivity contribution is 7.99. The molecule has 1 N–H and O–H groups in total. The Bertz CT molecular complexity index is 143. The van der Waals surface area contributed by atoms with Crippen molar-refractivity contribution >= 4 is 11.8 Å². The molecule has 0 aliphatic carbocycles. The van der Waals surface area contributed by atoms with Gasteiger partial charge in [-0.3, -0.25) is 0 Å². The van der Waals surface area contributed by atoms with E-state index < -0.39 is 0 Å². The van der Waals surface area contributed by atoms with Crippen LogP contribution in [0.1, 0.15) is 52.4 Å². The minimum Gasteiger partial charge on any atom is -0.314 e. The van der Waals surface area contributed by atoms with Crippen LogP contribution in [0.4, 0.5) is 0 Å². The second-order valence-electron chi connectivity index (χ2n) is 4.71. The predicted molar refractivity (Wildman–Crippen MR) is 71.7 cm³/mol. The first-order valence-corrected chi connectivity index (χ1v) is 7.83. The van der Waals surface area contributed by atoms with E-state index in [1.165, 1.54) is 56.6 Å². The maximum atomic E-state index is 3.77. The van der Waals surface area contributed by atoms with E-state index >= 15 is 0 Å². The summed E-state index contributed by atoms with van der Waals surface area (Å²) < 4.78 is 0. The zero-order valence-electron chi connectivity index (χ0n) is 10.4. The SMILES string of the molecule is CCCC[C@H](CC)CNC1CCSCC1. The van der Waals surface area contributed by atoms with Crippen molar-refractivity contribution in [3.05, 3.63) is 0 Å². The molecule has 0 aromatic carbocycles. The predicted octanol–water partition coefficient (Wildman–Crippen LogP) is 3.69. The van der Waals surface area contributed by atoms with Crippen molar-refractivity contribution in [3.63, 3.8) is 0 Å². The molecule has 2 heteroatoms. The van der Waals surface area contributed by atoms with Gasteiger partial charge < -0.3 is 5.32 Å². The van der Waals surface area contributed by atoms with Crippen molar-refractivity contribution in [2.45, 2.75) is 58.4 Å². The van der Waals surface area contributed by atoms with Gasteiger partial charge in [0.05, 0.1) is 0 Å². The molecule has 0 spiro atoms. The van der Waals surface area contributed by atoms with Gasteiger partial charge in [-0.05, 0) is 43.2 Å². The van der Waals surface area contributed by atoms with Crippen molar-refractivity contribution < 1.29 is 0 Å². The molecule has 0 aromatic heterocycles. The van der Waals surface area contributed by atoms with Crippen LogP contribution in [0.15, 0.2) is 0 Å². The summed E-state index contributed by atoms with van der Waals surface area (Å²) in [5, 5.41) is 3.77. The highest BCUT2D eigenvalue weighted by atomic mass is 32.2. The van der Waals surface area contributed by atoms with Gasteiger partial charge in [-0.25, -0.2) is 0 Å². The van der Waals surface area contributed by atoms with Crippen molar-refractivity contribution in [3.8, 4) is 0 Å². The summed E-state index contributed by atoms with van der Waals surface area (Å²) in [6, 6.07) is 0.821. The minimum atomic E-state index is 0.821. The normalized spacial score (nSPS) is 20.4. The second-order valence-corrected chi connectivity index (χ2v) is 5.94. The van der Waals surface area contributed by atoms with E-state index in [9.17, 15) is 0 Å². The Hall–Kier alpha value is 0.310. The zero-order chi connectivity index (χ0) is 10.9. The van der Waals surface area contributed by atoms with Crippen LogP contribution in [0.2, 0.25) is 0 Å². The number of unbranched alkanes of at least 4 members (excludes halogenated alkanes) is 1. The third-order valence-electron chi connectivity index (χ3n) is 3.46. The topological polar surface area (TPSA) is 12.0 Å². The lowest BCUT2D eigenvalue weighted by Gasteiger charge is -2.25. The molecule has 1 saturated heterocycles. The average Bonchev–Trinajstić information content (AvgIpc) is 2.31. The molecule has 0 amide bonds. The van der Waals surface area contributed by atoms with Crippen LogP contribution in [0.3, 0.4) is 0 Å². The fraction of sp³-hybridized carbons (Fsp3) is 1.00. The van der Waals surface area contributed by atoms with Gasteiger partial charge in [-0.2, -0.15) is 11.8 Å². The van der Waals surface area contributed by atoms with Gasteiger partial charge in [0.25, 0.3) is 0 Å². The van der Waals surface area contributed by atoms with Crippen LogP contribution >= 0.6 is 11.8 Å². The van der Waals surface area contributed by atoms with Crippen LogP contribution in [0, 0.1) is 5.92 Å². The lowest BCUT2D eigenvalue weighted by atomic mass is 9.98. The van der Waals surface area contributed by atoms with E-state index in [1.807, 2.05) is 0 Å².